The molecule has 0 saturated carbocycles. The van der Waals surface area contributed by atoms with Crippen LogP contribution in [0.2, 0.25) is 0 Å². The molecule has 0 aliphatic carbocycles. The average Bonchev–Trinajstić information content (AvgIpc) is 2.73. The number of hydrogen-bond acceptors (Lipinski definition) is 3. The van der Waals surface area contributed by atoms with Gasteiger partial charge in [-0.05, 0) is 24.6 Å². The normalized spacial score (nSPS) is 16.6. The Balaban J connectivity index is 1.43. The summed E-state index contributed by atoms with van der Waals surface area (Å²) >= 11 is 0. The van der Waals surface area contributed by atoms with Crippen LogP contribution in [0.25, 0.3) is 10.9 Å². The summed E-state index contributed by atoms with van der Waals surface area (Å²) in [5.41, 5.74) is 2.92. The predicted octanol–water partition coefficient (Wildman–Crippen LogP) is 3.75. The van der Waals surface area contributed by atoms with E-state index in [2.05, 4.69) is 41.1 Å². The van der Waals surface area contributed by atoms with Gasteiger partial charge in [-0.25, -0.2) is 0 Å². The van der Waals surface area contributed by atoms with Crippen LogP contribution in [0.1, 0.15) is 28.9 Å². The number of amides is 1. The van der Waals surface area contributed by atoms with Crippen LogP contribution in [0, 0.1) is 0 Å². The fourth-order valence-electron chi connectivity index (χ4n) is 3.63. The second-order valence-corrected chi connectivity index (χ2v) is 6.83. The van der Waals surface area contributed by atoms with Gasteiger partial charge < -0.3 is 4.90 Å². The first-order valence-corrected chi connectivity index (χ1v) is 9.15. The molecule has 3 aromatic rings. The molecule has 26 heavy (non-hydrogen) atoms. The van der Waals surface area contributed by atoms with Gasteiger partial charge in [0, 0.05) is 43.8 Å². The first-order valence-electron chi connectivity index (χ1n) is 9.15. The number of fused-ring (bicyclic) bond motifs is 1. The van der Waals surface area contributed by atoms with E-state index in [9.17, 15) is 4.79 Å². The van der Waals surface area contributed by atoms with Gasteiger partial charge >= 0.3 is 0 Å². The fraction of sp³-hybridized carbons (Fsp3) is 0.273. The highest BCUT2D eigenvalue weighted by molar-refractivity contribution is 5.97. The molecule has 1 aliphatic heterocycles. The number of nitrogens with zero attached hydrogens (tertiary/aromatic N) is 3. The monoisotopic (exact) mass is 345 g/mol. The van der Waals surface area contributed by atoms with Crippen molar-refractivity contribution in [3.8, 4) is 0 Å². The minimum atomic E-state index is 0.0790. The van der Waals surface area contributed by atoms with Gasteiger partial charge in [0.2, 0.25) is 0 Å². The Labute approximate surface area is 154 Å². The van der Waals surface area contributed by atoms with Crippen molar-refractivity contribution in [1.82, 2.24) is 14.8 Å². The highest BCUT2D eigenvalue weighted by atomic mass is 16.2. The zero-order valence-corrected chi connectivity index (χ0v) is 15.0. The maximum absolute atomic E-state index is 12.9. The lowest BCUT2D eigenvalue weighted by atomic mass is 10.1. The van der Waals surface area contributed by atoms with Crippen molar-refractivity contribution in [2.75, 3.05) is 26.2 Å². The maximum Gasteiger partial charge on any atom is 0.255 e. The smallest absolute Gasteiger partial charge is 0.255 e. The Morgan fingerprint density at radius 3 is 2.42 bits per heavy atom. The molecule has 1 amide bonds. The van der Waals surface area contributed by atoms with Crippen LogP contribution < -0.4 is 0 Å². The number of carbonyl (C=O) groups excluding carboxylic acids is 1. The number of aromatic nitrogens is 1. The van der Waals surface area contributed by atoms with Gasteiger partial charge in [-0.1, -0.05) is 48.5 Å². The van der Waals surface area contributed by atoms with Crippen molar-refractivity contribution in [3.05, 3.63) is 78.0 Å². The Kier molecular flexibility index (Phi) is 4.67. The van der Waals surface area contributed by atoms with Crippen LogP contribution in [0.15, 0.2) is 66.9 Å². The number of pyridine rings is 1. The second kappa shape index (κ2) is 7.26. The zero-order valence-electron chi connectivity index (χ0n) is 15.0. The summed E-state index contributed by atoms with van der Waals surface area (Å²) in [7, 11) is 0. The van der Waals surface area contributed by atoms with E-state index < -0.39 is 0 Å². The van der Waals surface area contributed by atoms with Crippen LogP contribution in [0.4, 0.5) is 0 Å². The molecule has 1 saturated heterocycles. The van der Waals surface area contributed by atoms with Crippen LogP contribution in [0.3, 0.4) is 0 Å². The molecule has 2 aromatic carbocycles. The summed E-state index contributed by atoms with van der Waals surface area (Å²) in [6, 6.07) is 20.8. The number of hydrogen-bond donors (Lipinski definition) is 0. The molecular formula is C22H23N3O. The molecule has 4 heteroatoms. The van der Waals surface area contributed by atoms with Crippen molar-refractivity contribution in [3.63, 3.8) is 0 Å². The standard InChI is InChI=1S/C22H23N3O/c1-17(18-7-3-2-4-8-18)24-11-13-25(14-12-24)22(26)20-15-19-9-5-6-10-21(19)23-16-20/h2-10,15-17H,11-14H2,1H3. The van der Waals surface area contributed by atoms with Crippen molar-refractivity contribution in [1.29, 1.82) is 0 Å². The third kappa shape index (κ3) is 3.33. The minimum absolute atomic E-state index is 0.0790. The van der Waals surface area contributed by atoms with Gasteiger partial charge in [-0.2, -0.15) is 0 Å². The average molecular weight is 345 g/mol. The van der Waals surface area contributed by atoms with E-state index in [1.165, 1.54) is 5.56 Å². The highest BCUT2D eigenvalue weighted by Crippen LogP contribution is 2.22. The summed E-state index contributed by atoms with van der Waals surface area (Å²) in [4.78, 5) is 21.7. The zero-order chi connectivity index (χ0) is 17.9. The first kappa shape index (κ1) is 16.7. The molecule has 0 N–H and O–H groups in total. The summed E-state index contributed by atoms with van der Waals surface area (Å²) in [5.74, 6) is 0.0790. The number of piperazine rings is 1. The molecule has 1 fully saturated rings. The van der Waals surface area contributed by atoms with Crippen LogP contribution in [-0.2, 0) is 0 Å². The molecule has 1 aliphatic rings. The SMILES string of the molecule is CC(c1ccccc1)N1CCN(C(=O)c2cnc3ccccc3c2)CC1. The van der Waals surface area contributed by atoms with E-state index in [1.807, 2.05) is 41.3 Å². The molecular weight excluding hydrogens is 322 g/mol. The Hall–Kier alpha value is -2.72. The van der Waals surface area contributed by atoms with Crippen molar-refractivity contribution in [2.45, 2.75) is 13.0 Å². The molecule has 4 rings (SSSR count). The molecule has 1 aromatic heterocycles. The van der Waals surface area contributed by atoms with Gasteiger partial charge in [0.1, 0.15) is 0 Å². The summed E-state index contributed by atoms with van der Waals surface area (Å²) in [5, 5.41) is 1.01. The van der Waals surface area contributed by atoms with Gasteiger partial charge in [0.05, 0.1) is 11.1 Å². The Bertz CT molecular complexity index is 901. The van der Waals surface area contributed by atoms with E-state index >= 15 is 0 Å². The lowest BCUT2D eigenvalue weighted by molar-refractivity contribution is 0.0582. The van der Waals surface area contributed by atoms with Gasteiger partial charge in [-0.15, -0.1) is 0 Å². The van der Waals surface area contributed by atoms with Crippen LogP contribution in [-0.4, -0.2) is 46.9 Å². The van der Waals surface area contributed by atoms with Gasteiger partial charge in [0.25, 0.3) is 5.91 Å². The summed E-state index contributed by atoms with van der Waals surface area (Å²) in [6.07, 6.45) is 1.70. The Morgan fingerprint density at radius 2 is 1.65 bits per heavy atom. The van der Waals surface area contributed by atoms with E-state index in [4.69, 9.17) is 0 Å². The fourth-order valence-corrected chi connectivity index (χ4v) is 3.63. The van der Waals surface area contributed by atoms with Crippen LogP contribution >= 0.6 is 0 Å². The van der Waals surface area contributed by atoms with E-state index in [0.29, 0.717) is 11.6 Å². The van der Waals surface area contributed by atoms with Gasteiger partial charge in [0.15, 0.2) is 0 Å². The van der Waals surface area contributed by atoms with Gasteiger partial charge in [-0.3, -0.25) is 14.7 Å². The highest BCUT2D eigenvalue weighted by Gasteiger charge is 2.25. The quantitative estimate of drug-likeness (QED) is 0.725. The third-order valence-electron chi connectivity index (χ3n) is 5.27. The van der Waals surface area contributed by atoms with Crippen molar-refractivity contribution >= 4 is 16.8 Å². The maximum atomic E-state index is 12.9. The van der Waals surface area contributed by atoms with Crippen molar-refractivity contribution < 1.29 is 4.79 Å². The second-order valence-electron chi connectivity index (χ2n) is 6.83. The topological polar surface area (TPSA) is 36.4 Å². The van der Waals surface area contributed by atoms with E-state index in [-0.39, 0.29) is 5.91 Å². The number of benzene rings is 2. The van der Waals surface area contributed by atoms with Crippen molar-refractivity contribution in [2.24, 2.45) is 0 Å². The first-order chi connectivity index (χ1) is 12.7. The summed E-state index contributed by atoms with van der Waals surface area (Å²) in [6.45, 7) is 5.53. The molecule has 1 atom stereocenters. The number of carbonyl (C=O) groups is 1. The molecule has 132 valence electrons. The Morgan fingerprint density at radius 1 is 0.962 bits per heavy atom. The van der Waals surface area contributed by atoms with E-state index in [0.717, 1.165) is 37.1 Å². The molecule has 0 radical (unpaired) electrons. The molecule has 2 heterocycles. The minimum Gasteiger partial charge on any atom is -0.336 e. The largest absolute Gasteiger partial charge is 0.336 e. The predicted molar refractivity (Wildman–Crippen MR) is 104 cm³/mol. The summed E-state index contributed by atoms with van der Waals surface area (Å²) < 4.78 is 0. The lowest BCUT2D eigenvalue weighted by Gasteiger charge is -2.38. The van der Waals surface area contributed by atoms with E-state index in [1.54, 1.807) is 6.20 Å². The molecule has 0 bridgehead atoms. The number of para-hydroxylation sites is 1. The number of rotatable bonds is 3. The molecule has 1 unspecified atom stereocenters. The molecule has 0 spiro atoms. The third-order valence-corrected chi connectivity index (χ3v) is 5.27. The lowest BCUT2D eigenvalue weighted by Crippen LogP contribution is -2.49. The molecule has 4 nitrogen and oxygen atoms in total. The van der Waals surface area contributed by atoms with Crippen LogP contribution in [0.5, 0.6) is 0 Å².